The third-order valence-electron chi connectivity index (χ3n) is 5.98. The Bertz CT molecular complexity index is 705. The van der Waals surface area contributed by atoms with Gasteiger partial charge >= 0.3 is 0 Å². The van der Waals surface area contributed by atoms with Crippen LogP contribution in [0.4, 0.5) is 5.69 Å². The summed E-state index contributed by atoms with van der Waals surface area (Å²) in [6.45, 7) is 3.78. The quantitative estimate of drug-likeness (QED) is 0.815. The number of piperidine rings is 1. The normalized spacial score (nSPS) is 22.8. The van der Waals surface area contributed by atoms with Crippen LogP contribution in [0.25, 0.3) is 0 Å². The van der Waals surface area contributed by atoms with E-state index < -0.39 is 0 Å². The molecular formula is C19H28N4O3. The van der Waals surface area contributed by atoms with Crippen molar-refractivity contribution in [3.8, 4) is 0 Å². The summed E-state index contributed by atoms with van der Waals surface area (Å²) in [6, 6.07) is 1.61. The predicted octanol–water partition coefficient (Wildman–Crippen LogP) is 1.41. The first-order valence-electron chi connectivity index (χ1n) is 9.89. The molecule has 0 unspecified atom stereocenters. The number of carbonyl (C=O) groups is 1. The van der Waals surface area contributed by atoms with E-state index in [1.54, 1.807) is 12.3 Å². The van der Waals surface area contributed by atoms with Crippen molar-refractivity contribution < 1.29 is 9.53 Å². The molecule has 2 aliphatic heterocycles. The average molecular weight is 360 g/mol. The molecule has 1 aliphatic carbocycles. The number of aromatic nitrogens is 2. The van der Waals surface area contributed by atoms with Crippen LogP contribution >= 0.6 is 0 Å². The molecule has 4 rings (SSSR count). The number of rotatable bonds is 3. The lowest BCUT2D eigenvalue weighted by Crippen LogP contribution is -2.53. The number of amides is 1. The van der Waals surface area contributed by atoms with Crippen LogP contribution in [0.3, 0.4) is 0 Å². The SMILES string of the molecule is O=C(Cn1ncc(N2CCCCC2)cc1=O)N1CCOC2(CCCC2)C1. The number of ether oxygens (including phenoxy) is 1. The van der Waals surface area contributed by atoms with Gasteiger partial charge in [-0.2, -0.15) is 5.10 Å². The van der Waals surface area contributed by atoms with Gasteiger partial charge in [0, 0.05) is 32.2 Å². The fourth-order valence-electron chi connectivity index (χ4n) is 4.48. The standard InChI is InChI=1S/C19H28N4O3/c24-17-12-16(21-8-4-1-5-9-21)13-20-23(17)14-18(25)22-10-11-26-19(15-22)6-2-3-7-19/h12-13H,1-11,14-15H2. The molecule has 0 bridgehead atoms. The molecule has 1 amide bonds. The van der Waals surface area contributed by atoms with E-state index >= 15 is 0 Å². The van der Waals surface area contributed by atoms with Crippen molar-refractivity contribution in [3.63, 3.8) is 0 Å². The van der Waals surface area contributed by atoms with Gasteiger partial charge in [-0.25, -0.2) is 4.68 Å². The zero-order chi connectivity index (χ0) is 18.0. The van der Waals surface area contributed by atoms with Gasteiger partial charge in [-0.1, -0.05) is 12.8 Å². The van der Waals surface area contributed by atoms with E-state index in [1.807, 2.05) is 4.90 Å². The summed E-state index contributed by atoms with van der Waals surface area (Å²) < 4.78 is 7.26. The molecule has 3 aliphatic rings. The molecule has 1 aromatic heterocycles. The smallest absolute Gasteiger partial charge is 0.269 e. The average Bonchev–Trinajstić information content (AvgIpc) is 3.11. The Morgan fingerprint density at radius 1 is 1.12 bits per heavy atom. The molecule has 1 aromatic rings. The second-order valence-electron chi connectivity index (χ2n) is 7.81. The van der Waals surface area contributed by atoms with E-state index in [9.17, 15) is 9.59 Å². The molecule has 1 spiro atoms. The minimum absolute atomic E-state index is 0.00912. The van der Waals surface area contributed by atoms with Crippen LogP contribution in [0.2, 0.25) is 0 Å². The summed E-state index contributed by atoms with van der Waals surface area (Å²) >= 11 is 0. The van der Waals surface area contributed by atoms with Gasteiger partial charge in [-0.05, 0) is 32.1 Å². The summed E-state index contributed by atoms with van der Waals surface area (Å²) in [4.78, 5) is 29.2. The first kappa shape index (κ1) is 17.5. The molecule has 3 heterocycles. The minimum atomic E-state index is -0.203. The Kier molecular flexibility index (Phi) is 4.98. The summed E-state index contributed by atoms with van der Waals surface area (Å²) in [5.41, 5.74) is 0.518. The highest BCUT2D eigenvalue weighted by atomic mass is 16.5. The number of morpholine rings is 1. The Morgan fingerprint density at radius 2 is 1.88 bits per heavy atom. The van der Waals surface area contributed by atoms with Crippen LogP contribution in [0.15, 0.2) is 17.1 Å². The molecule has 3 fully saturated rings. The molecule has 7 heteroatoms. The zero-order valence-corrected chi connectivity index (χ0v) is 15.4. The summed E-state index contributed by atoms with van der Waals surface area (Å²) in [5, 5.41) is 4.26. The van der Waals surface area contributed by atoms with Crippen molar-refractivity contribution in [2.75, 3.05) is 37.7 Å². The van der Waals surface area contributed by atoms with Crippen LogP contribution < -0.4 is 10.5 Å². The first-order chi connectivity index (χ1) is 12.7. The zero-order valence-electron chi connectivity index (χ0n) is 15.4. The third-order valence-corrected chi connectivity index (χ3v) is 5.98. The van der Waals surface area contributed by atoms with Crippen LogP contribution in [0.1, 0.15) is 44.9 Å². The number of carbonyl (C=O) groups excluding carboxylic acids is 1. The lowest BCUT2D eigenvalue weighted by molar-refractivity contribution is -0.150. The van der Waals surface area contributed by atoms with E-state index in [1.165, 1.54) is 23.9 Å². The third kappa shape index (κ3) is 3.63. The maximum atomic E-state index is 12.7. The Hall–Kier alpha value is -1.89. The van der Waals surface area contributed by atoms with Crippen molar-refractivity contribution in [2.24, 2.45) is 0 Å². The Morgan fingerprint density at radius 3 is 2.62 bits per heavy atom. The van der Waals surface area contributed by atoms with Crippen LogP contribution in [-0.4, -0.2) is 59.0 Å². The van der Waals surface area contributed by atoms with Crippen LogP contribution in [0.5, 0.6) is 0 Å². The van der Waals surface area contributed by atoms with Gasteiger partial charge in [-0.3, -0.25) is 9.59 Å². The summed E-state index contributed by atoms with van der Waals surface area (Å²) in [7, 11) is 0. The highest BCUT2D eigenvalue weighted by molar-refractivity contribution is 5.76. The van der Waals surface area contributed by atoms with Crippen LogP contribution in [-0.2, 0) is 16.1 Å². The van der Waals surface area contributed by atoms with Gasteiger partial charge in [0.05, 0.1) is 24.1 Å². The van der Waals surface area contributed by atoms with E-state index in [2.05, 4.69) is 10.00 Å². The lowest BCUT2D eigenvalue weighted by atomic mass is 10.00. The molecular weight excluding hydrogens is 332 g/mol. The number of nitrogens with zero attached hydrogens (tertiary/aromatic N) is 4. The van der Waals surface area contributed by atoms with E-state index in [0.717, 1.165) is 44.5 Å². The number of anilines is 1. The fourth-order valence-corrected chi connectivity index (χ4v) is 4.48. The molecule has 142 valence electrons. The van der Waals surface area contributed by atoms with Crippen LogP contribution in [0, 0.1) is 0 Å². The molecule has 0 radical (unpaired) electrons. The molecule has 2 saturated heterocycles. The summed E-state index contributed by atoms with van der Waals surface area (Å²) in [6.07, 6.45) is 9.66. The summed E-state index contributed by atoms with van der Waals surface area (Å²) in [5.74, 6) is -0.0418. The maximum Gasteiger partial charge on any atom is 0.269 e. The van der Waals surface area contributed by atoms with E-state index in [0.29, 0.717) is 19.7 Å². The van der Waals surface area contributed by atoms with Gasteiger partial charge in [0.15, 0.2) is 0 Å². The van der Waals surface area contributed by atoms with Crippen molar-refractivity contribution in [1.82, 2.24) is 14.7 Å². The lowest BCUT2D eigenvalue weighted by Gasteiger charge is -2.40. The molecule has 1 saturated carbocycles. The minimum Gasteiger partial charge on any atom is -0.371 e. The van der Waals surface area contributed by atoms with Crippen molar-refractivity contribution >= 4 is 11.6 Å². The van der Waals surface area contributed by atoms with E-state index in [4.69, 9.17) is 4.74 Å². The monoisotopic (exact) mass is 360 g/mol. The van der Waals surface area contributed by atoms with Crippen molar-refractivity contribution in [1.29, 1.82) is 0 Å². The van der Waals surface area contributed by atoms with Gasteiger partial charge in [0.25, 0.3) is 5.56 Å². The Balaban J connectivity index is 1.41. The van der Waals surface area contributed by atoms with Crippen molar-refractivity contribution in [3.05, 3.63) is 22.6 Å². The molecule has 0 atom stereocenters. The molecule has 0 N–H and O–H groups in total. The van der Waals surface area contributed by atoms with Crippen molar-refractivity contribution in [2.45, 2.75) is 57.1 Å². The second-order valence-corrected chi connectivity index (χ2v) is 7.81. The number of hydrogen-bond acceptors (Lipinski definition) is 5. The maximum absolute atomic E-state index is 12.7. The van der Waals surface area contributed by atoms with E-state index in [-0.39, 0.29) is 23.6 Å². The highest BCUT2D eigenvalue weighted by Crippen LogP contribution is 2.35. The van der Waals surface area contributed by atoms with Gasteiger partial charge in [0.1, 0.15) is 6.54 Å². The van der Waals surface area contributed by atoms with Gasteiger partial charge in [-0.15, -0.1) is 0 Å². The molecule has 26 heavy (non-hydrogen) atoms. The topological polar surface area (TPSA) is 67.7 Å². The number of hydrogen-bond donors (Lipinski definition) is 0. The Labute approximate surface area is 153 Å². The molecule has 0 aromatic carbocycles. The predicted molar refractivity (Wildman–Crippen MR) is 98.3 cm³/mol. The fraction of sp³-hybridized carbons (Fsp3) is 0.737. The first-order valence-corrected chi connectivity index (χ1v) is 9.89. The molecule has 7 nitrogen and oxygen atoms in total. The van der Waals surface area contributed by atoms with Gasteiger partial charge < -0.3 is 14.5 Å². The van der Waals surface area contributed by atoms with Gasteiger partial charge in [0.2, 0.25) is 5.91 Å². The highest BCUT2D eigenvalue weighted by Gasteiger charge is 2.40. The largest absolute Gasteiger partial charge is 0.371 e. The second kappa shape index (κ2) is 7.39.